The Labute approximate surface area is 166 Å². The van der Waals surface area contributed by atoms with Crippen molar-refractivity contribution in [3.05, 3.63) is 29.3 Å². The summed E-state index contributed by atoms with van der Waals surface area (Å²) in [5, 5.41) is 9.18. The van der Waals surface area contributed by atoms with Crippen LogP contribution >= 0.6 is 0 Å². The highest BCUT2D eigenvalue weighted by atomic mass is 16.5. The van der Waals surface area contributed by atoms with Gasteiger partial charge < -0.3 is 26.0 Å². The van der Waals surface area contributed by atoms with Gasteiger partial charge in [0.1, 0.15) is 11.4 Å². The Morgan fingerprint density at radius 1 is 1.36 bits per heavy atom. The summed E-state index contributed by atoms with van der Waals surface area (Å²) in [6, 6.07) is 6.18. The van der Waals surface area contributed by atoms with Crippen molar-refractivity contribution in [2.45, 2.75) is 70.2 Å². The Bertz CT molecular complexity index is 747. The van der Waals surface area contributed by atoms with Gasteiger partial charge in [0, 0.05) is 24.4 Å². The fraction of sp³-hybridized carbons (Fsp3) is 0.619. The molecule has 3 rings (SSSR count). The highest BCUT2D eigenvalue weighted by Gasteiger charge is 2.49. The summed E-state index contributed by atoms with van der Waals surface area (Å²) in [4.78, 5) is 15.2. The maximum Gasteiger partial charge on any atom is 0.303 e. The molecule has 1 saturated heterocycles. The summed E-state index contributed by atoms with van der Waals surface area (Å²) in [5.41, 5.74) is 12.4. The lowest BCUT2D eigenvalue weighted by Gasteiger charge is -2.50. The highest BCUT2D eigenvalue weighted by Crippen LogP contribution is 2.52. The number of aliphatic imine (C=N–C) groups is 1. The van der Waals surface area contributed by atoms with Crippen molar-refractivity contribution in [2.75, 3.05) is 6.54 Å². The molecule has 0 aliphatic carbocycles. The molecule has 1 aromatic carbocycles. The molecule has 1 aromatic rings. The fourth-order valence-electron chi connectivity index (χ4n) is 4.43. The Morgan fingerprint density at radius 3 is 2.86 bits per heavy atom. The van der Waals surface area contributed by atoms with Crippen LogP contribution in [-0.2, 0) is 9.53 Å². The van der Waals surface area contributed by atoms with Crippen molar-refractivity contribution in [1.29, 1.82) is 0 Å². The summed E-state index contributed by atoms with van der Waals surface area (Å²) >= 11 is 0. The number of nitrogens with zero attached hydrogens (tertiary/aromatic N) is 1. The van der Waals surface area contributed by atoms with Crippen molar-refractivity contribution in [2.24, 2.45) is 22.4 Å². The molecule has 0 amide bonds. The lowest BCUT2D eigenvalue weighted by atomic mass is 9.72. The van der Waals surface area contributed by atoms with Gasteiger partial charge in [0.05, 0.1) is 12.2 Å². The summed E-state index contributed by atoms with van der Waals surface area (Å²) < 4.78 is 12.9. The first-order chi connectivity index (χ1) is 13.3. The van der Waals surface area contributed by atoms with Gasteiger partial charge >= 0.3 is 5.97 Å². The minimum Gasteiger partial charge on any atom is -0.487 e. The molecule has 28 heavy (non-hydrogen) atoms. The van der Waals surface area contributed by atoms with Crippen LogP contribution in [0.2, 0.25) is 0 Å². The first kappa shape index (κ1) is 20.5. The van der Waals surface area contributed by atoms with E-state index in [-0.39, 0.29) is 30.5 Å². The smallest absolute Gasteiger partial charge is 0.303 e. The lowest BCUT2D eigenvalue weighted by molar-refractivity contribution is -0.162. The van der Waals surface area contributed by atoms with Crippen molar-refractivity contribution >= 4 is 11.9 Å². The maximum absolute atomic E-state index is 11.2. The van der Waals surface area contributed by atoms with Gasteiger partial charge in [0.15, 0.2) is 5.96 Å². The molecule has 2 aliphatic rings. The van der Waals surface area contributed by atoms with Crippen molar-refractivity contribution in [3.63, 3.8) is 0 Å². The topological polar surface area (TPSA) is 120 Å². The van der Waals surface area contributed by atoms with Gasteiger partial charge in [-0.1, -0.05) is 12.1 Å². The molecule has 0 radical (unpaired) electrons. The van der Waals surface area contributed by atoms with E-state index in [0.717, 1.165) is 42.6 Å². The second-order valence-corrected chi connectivity index (χ2v) is 8.16. The number of benzene rings is 1. The predicted molar refractivity (Wildman–Crippen MR) is 107 cm³/mol. The molecule has 0 aromatic heterocycles. The van der Waals surface area contributed by atoms with Crippen LogP contribution < -0.4 is 16.2 Å². The normalized spacial score (nSPS) is 28.6. The van der Waals surface area contributed by atoms with Crippen LogP contribution in [0.15, 0.2) is 23.2 Å². The predicted octanol–water partition coefficient (Wildman–Crippen LogP) is 2.90. The largest absolute Gasteiger partial charge is 0.487 e. The van der Waals surface area contributed by atoms with E-state index in [4.69, 9.17) is 20.9 Å². The standard InChI is InChI=1S/C21H31N3O4/c1-13-5-7-15-17(12-13)28-21(2,10-9-18(25)26)16-8-6-14(27-19(15)16)4-3-11-24-20(22)23/h5,7,12,14,16,19H,3-4,6,8-11H2,1-2H3,(H,25,26)(H4,22,23,24)/t14-,16-,19+,21+/m1/s1. The van der Waals surface area contributed by atoms with Crippen molar-refractivity contribution in [1.82, 2.24) is 0 Å². The first-order valence-electron chi connectivity index (χ1n) is 10.0. The monoisotopic (exact) mass is 389 g/mol. The van der Waals surface area contributed by atoms with E-state index >= 15 is 0 Å². The SMILES string of the molecule is Cc1ccc2c(c1)O[C@@](C)(CCC(=O)O)[C@@H]1CC[C@@H](CCCN=C(N)N)O[C@@H]21. The molecule has 7 heteroatoms. The summed E-state index contributed by atoms with van der Waals surface area (Å²) in [5.74, 6) is 0.268. The molecule has 5 N–H and O–H groups in total. The van der Waals surface area contributed by atoms with E-state index < -0.39 is 11.6 Å². The van der Waals surface area contributed by atoms with E-state index in [0.29, 0.717) is 13.0 Å². The molecule has 1 fully saturated rings. The number of aryl methyl sites for hydroxylation is 1. The van der Waals surface area contributed by atoms with Crippen LogP contribution in [0.5, 0.6) is 5.75 Å². The number of nitrogens with two attached hydrogens (primary N) is 2. The van der Waals surface area contributed by atoms with Gasteiger partial charge in [-0.3, -0.25) is 9.79 Å². The molecular weight excluding hydrogens is 358 g/mol. The third-order valence-electron chi connectivity index (χ3n) is 5.92. The van der Waals surface area contributed by atoms with E-state index in [2.05, 4.69) is 17.1 Å². The number of aliphatic carboxylic acids is 1. The zero-order chi connectivity index (χ0) is 20.3. The molecule has 0 unspecified atom stereocenters. The second kappa shape index (κ2) is 8.39. The van der Waals surface area contributed by atoms with Gasteiger partial charge in [-0.05, 0) is 57.6 Å². The number of ether oxygens (including phenoxy) is 2. The Hall–Kier alpha value is -2.28. The molecule has 154 valence electrons. The van der Waals surface area contributed by atoms with Crippen LogP contribution in [0, 0.1) is 12.8 Å². The fourth-order valence-corrected chi connectivity index (χ4v) is 4.43. The van der Waals surface area contributed by atoms with Crippen molar-refractivity contribution in [3.8, 4) is 5.75 Å². The van der Waals surface area contributed by atoms with Gasteiger partial charge in [-0.25, -0.2) is 0 Å². The Kier molecular flexibility index (Phi) is 6.13. The average Bonchev–Trinajstić information content (AvgIpc) is 2.63. The van der Waals surface area contributed by atoms with Crippen LogP contribution in [-0.4, -0.2) is 35.3 Å². The number of rotatable bonds is 7. The van der Waals surface area contributed by atoms with Crippen LogP contribution in [0.3, 0.4) is 0 Å². The number of carboxylic acid groups (broad SMARTS) is 1. The van der Waals surface area contributed by atoms with Gasteiger partial charge in [0.2, 0.25) is 0 Å². The van der Waals surface area contributed by atoms with E-state index in [1.165, 1.54) is 0 Å². The van der Waals surface area contributed by atoms with Crippen LogP contribution in [0.4, 0.5) is 0 Å². The number of fused-ring (bicyclic) bond motifs is 3. The Balaban J connectivity index is 1.78. The third-order valence-corrected chi connectivity index (χ3v) is 5.92. The van der Waals surface area contributed by atoms with Gasteiger partial charge in [0.25, 0.3) is 0 Å². The van der Waals surface area contributed by atoms with E-state index in [1.54, 1.807) is 0 Å². The van der Waals surface area contributed by atoms with E-state index in [1.807, 2.05) is 19.9 Å². The minimum atomic E-state index is -0.800. The Morgan fingerprint density at radius 2 is 2.14 bits per heavy atom. The molecule has 2 heterocycles. The molecular formula is C21H31N3O4. The summed E-state index contributed by atoms with van der Waals surface area (Å²) in [6.45, 7) is 4.66. The van der Waals surface area contributed by atoms with Crippen LogP contribution in [0.1, 0.15) is 62.7 Å². The first-order valence-corrected chi connectivity index (χ1v) is 10.0. The molecule has 4 atom stereocenters. The molecule has 2 aliphatic heterocycles. The lowest BCUT2D eigenvalue weighted by Crippen LogP contribution is -2.50. The van der Waals surface area contributed by atoms with Gasteiger partial charge in [-0.15, -0.1) is 0 Å². The van der Waals surface area contributed by atoms with E-state index in [9.17, 15) is 9.90 Å². The highest BCUT2D eigenvalue weighted by molar-refractivity contribution is 5.75. The molecule has 0 spiro atoms. The zero-order valence-corrected chi connectivity index (χ0v) is 16.7. The number of carboxylic acids is 1. The summed E-state index contributed by atoms with van der Waals surface area (Å²) in [7, 11) is 0. The second-order valence-electron chi connectivity index (χ2n) is 8.16. The summed E-state index contributed by atoms with van der Waals surface area (Å²) in [6.07, 6.45) is 4.26. The molecule has 0 saturated carbocycles. The minimum absolute atomic E-state index is 0.0787. The molecule has 0 bridgehead atoms. The average molecular weight is 389 g/mol. The van der Waals surface area contributed by atoms with Crippen molar-refractivity contribution < 1.29 is 19.4 Å². The quantitative estimate of drug-likeness (QED) is 0.375. The maximum atomic E-state index is 11.2. The molecule has 7 nitrogen and oxygen atoms in total. The zero-order valence-electron chi connectivity index (χ0n) is 16.7. The number of hydrogen-bond donors (Lipinski definition) is 3. The van der Waals surface area contributed by atoms with Gasteiger partial charge in [-0.2, -0.15) is 0 Å². The number of carbonyl (C=O) groups is 1. The number of hydrogen-bond acceptors (Lipinski definition) is 4. The number of guanidine groups is 1. The van der Waals surface area contributed by atoms with Crippen LogP contribution in [0.25, 0.3) is 0 Å². The third kappa shape index (κ3) is 4.58.